The van der Waals surface area contributed by atoms with E-state index >= 15 is 0 Å². The van der Waals surface area contributed by atoms with Crippen LogP contribution in [0.1, 0.15) is 0 Å². The lowest BCUT2D eigenvalue weighted by atomic mass is 10.2. The molecular formula is C9H11N3O2. The molecule has 5 heteroatoms. The van der Waals surface area contributed by atoms with Crippen LogP contribution in [-0.4, -0.2) is 18.6 Å². The van der Waals surface area contributed by atoms with Crippen molar-refractivity contribution in [1.29, 1.82) is 0 Å². The monoisotopic (exact) mass is 193 g/mol. The molecule has 0 aliphatic carbocycles. The number of rotatable bonds is 1. The van der Waals surface area contributed by atoms with E-state index < -0.39 is 6.10 Å². The van der Waals surface area contributed by atoms with Gasteiger partial charge in [-0.25, -0.2) is 5.84 Å². The quantitative estimate of drug-likeness (QED) is 0.329. The highest BCUT2D eigenvalue weighted by molar-refractivity contribution is 5.82. The van der Waals surface area contributed by atoms with Crippen molar-refractivity contribution in [3.8, 4) is 5.75 Å². The lowest BCUT2D eigenvalue weighted by Crippen LogP contribution is -2.47. The van der Waals surface area contributed by atoms with Crippen LogP contribution >= 0.6 is 0 Å². The van der Waals surface area contributed by atoms with Gasteiger partial charge < -0.3 is 10.1 Å². The molecule has 1 aromatic rings. The van der Waals surface area contributed by atoms with Crippen LogP contribution in [0.5, 0.6) is 5.75 Å². The zero-order chi connectivity index (χ0) is 9.97. The number of benzene rings is 1. The summed E-state index contributed by atoms with van der Waals surface area (Å²) in [5.74, 6) is 5.36. The second-order valence-electron chi connectivity index (χ2n) is 2.99. The van der Waals surface area contributed by atoms with E-state index in [2.05, 4.69) is 10.7 Å². The molecule has 0 unspecified atom stereocenters. The Labute approximate surface area is 81.2 Å². The third-order valence-electron chi connectivity index (χ3n) is 2.07. The van der Waals surface area contributed by atoms with Crippen molar-refractivity contribution in [2.45, 2.75) is 6.10 Å². The van der Waals surface area contributed by atoms with Crippen LogP contribution in [0.4, 0.5) is 5.69 Å². The predicted molar refractivity (Wildman–Crippen MR) is 51.7 cm³/mol. The van der Waals surface area contributed by atoms with E-state index in [4.69, 9.17) is 10.6 Å². The summed E-state index contributed by atoms with van der Waals surface area (Å²) in [6, 6.07) is 7.45. The Morgan fingerprint density at radius 1 is 1.57 bits per heavy atom. The van der Waals surface area contributed by atoms with E-state index in [-0.39, 0.29) is 5.91 Å². The van der Waals surface area contributed by atoms with Gasteiger partial charge >= 0.3 is 0 Å². The topological polar surface area (TPSA) is 76.4 Å². The number of nitrogens with one attached hydrogen (secondary N) is 2. The Morgan fingerprint density at radius 3 is 3.14 bits per heavy atom. The number of hydrogen-bond acceptors (Lipinski definition) is 4. The molecule has 0 saturated heterocycles. The first-order valence-electron chi connectivity index (χ1n) is 4.31. The van der Waals surface area contributed by atoms with Crippen LogP contribution in [0, 0.1) is 0 Å². The maximum atomic E-state index is 11.2. The van der Waals surface area contributed by atoms with E-state index in [0.29, 0.717) is 12.3 Å². The van der Waals surface area contributed by atoms with Gasteiger partial charge in [-0.3, -0.25) is 10.2 Å². The summed E-state index contributed by atoms with van der Waals surface area (Å²) in [5, 5.41) is 3.09. The zero-order valence-corrected chi connectivity index (χ0v) is 7.49. The van der Waals surface area contributed by atoms with Gasteiger partial charge in [0.05, 0.1) is 12.2 Å². The van der Waals surface area contributed by atoms with Crippen LogP contribution in [0.15, 0.2) is 24.3 Å². The fourth-order valence-corrected chi connectivity index (χ4v) is 1.35. The van der Waals surface area contributed by atoms with Crippen molar-refractivity contribution in [1.82, 2.24) is 5.43 Å². The Balaban J connectivity index is 2.17. The number of carbonyl (C=O) groups excluding carboxylic acids is 1. The van der Waals surface area contributed by atoms with Crippen molar-refractivity contribution in [2.75, 3.05) is 11.9 Å². The minimum atomic E-state index is -0.560. The van der Waals surface area contributed by atoms with Crippen LogP contribution in [-0.2, 0) is 4.79 Å². The number of nitrogens with two attached hydrogens (primary N) is 1. The van der Waals surface area contributed by atoms with Gasteiger partial charge in [-0.15, -0.1) is 0 Å². The zero-order valence-electron chi connectivity index (χ0n) is 7.49. The van der Waals surface area contributed by atoms with Gasteiger partial charge in [0, 0.05) is 0 Å². The third kappa shape index (κ3) is 1.49. The highest BCUT2D eigenvalue weighted by Crippen LogP contribution is 2.27. The average Bonchev–Trinajstić information content (AvgIpc) is 2.27. The van der Waals surface area contributed by atoms with Crippen molar-refractivity contribution < 1.29 is 9.53 Å². The molecule has 1 atom stereocenters. The van der Waals surface area contributed by atoms with Crippen LogP contribution in [0.2, 0.25) is 0 Å². The Morgan fingerprint density at radius 2 is 2.36 bits per heavy atom. The van der Waals surface area contributed by atoms with Gasteiger partial charge in [-0.1, -0.05) is 12.1 Å². The first kappa shape index (κ1) is 8.83. The molecule has 1 heterocycles. The maximum Gasteiger partial charge on any atom is 0.276 e. The van der Waals surface area contributed by atoms with Crippen molar-refractivity contribution in [3.63, 3.8) is 0 Å². The lowest BCUT2D eigenvalue weighted by Gasteiger charge is -2.25. The molecular weight excluding hydrogens is 182 g/mol. The SMILES string of the molecule is NNC(=O)[C@H]1CNc2ccccc2O1. The molecule has 4 N–H and O–H groups in total. The number of hydrazine groups is 1. The van der Waals surface area contributed by atoms with E-state index in [1.165, 1.54) is 0 Å². The predicted octanol–water partition coefficient (Wildman–Crippen LogP) is -0.151. The molecule has 0 fully saturated rings. The minimum absolute atomic E-state index is 0.327. The minimum Gasteiger partial charge on any atom is -0.476 e. The number of fused-ring (bicyclic) bond motifs is 1. The summed E-state index contributed by atoms with van der Waals surface area (Å²) in [5.41, 5.74) is 2.96. The molecule has 74 valence electrons. The highest BCUT2D eigenvalue weighted by Gasteiger charge is 2.24. The van der Waals surface area contributed by atoms with E-state index in [1.807, 2.05) is 18.2 Å². The smallest absolute Gasteiger partial charge is 0.276 e. The molecule has 0 aromatic heterocycles. The number of amides is 1. The molecule has 14 heavy (non-hydrogen) atoms. The van der Waals surface area contributed by atoms with Gasteiger partial charge in [-0.05, 0) is 12.1 Å². The fraction of sp³-hybridized carbons (Fsp3) is 0.222. The molecule has 0 spiro atoms. The lowest BCUT2D eigenvalue weighted by molar-refractivity contribution is -0.127. The largest absolute Gasteiger partial charge is 0.476 e. The van der Waals surface area contributed by atoms with Gasteiger partial charge in [0.2, 0.25) is 0 Å². The Kier molecular flexibility index (Phi) is 2.24. The molecule has 0 radical (unpaired) electrons. The number of anilines is 1. The van der Waals surface area contributed by atoms with Gasteiger partial charge in [-0.2, -0.15) is 0 Å². The van der Waals surface area contributed by atoms with Crippen LogP contribution in [0.3, 0.4) is 0 Å². The highest BCUT2D eigenvalue weighted by atomic mass is 16.5. The number of hydrogen-bond donors (Lipinski definition) is 3. The molecule has 1 amide bonds. The Hall–Kier alpha value is -1.75. The van der Waals surface area contributed by atoms with Crippen LogP contribution in [0.25, 0.3) is 0 Å². The summed E-state index contributed by atoms with van der Waals surface area (Å²) in [6.07, 6.45) is -0.560. The standard InChI is InChI=1S/C9H11N3O2/c10-12-9(13)8-5-11-6-3-1-2-4-7(6)14-8/h1-4,8,11H,5,10H2,(H,12,13)/t8-/m1/s1. The number of carbonyl (C=O) groups is 1. The van der Waals surface area contributed by atoms with E-state index in [0.717, 1.165) is 5.69 Å². The molecule has 0 saturated carbocycles. The maximum absolute atomic E-state index is 11.2. The number of ether oxygens (including phenoxy) is 1. The molecule has 1 aliphatic rings. The molecule has 0 bridgehead atoms. The second-order valence-corrected chi connectivity index (χ2v) is 2.99. The Bertz CT molecular complexity index is 354. The summed E-state index contributed by atoms with van der Waals surface area (Å²) in [4.78, 5) is 11.2. The average molecular weight is 193 g/mol. The van der Waals surface area contributed by atoms with Gasteiger partial charge in [0.15, 0.2) is 6.10 Å². The summed E-state index contributed by atoms with van der Waals surface area (Å²) in [7, 11) is 0. The second kappa shape index (κ2) is 3.55. The molecule has 1 aliphatic heterocycles. The third-order valence-corrected chi connectivity index (χ3v) is 2.07. The first-order chi connectivity index (χ1) is 6.81. The van der Waals surface area contributed by atoms with Gasteiger partial charge in [0.1, 0.15) is 5.75 Å². The summed E-state index contributed by atoms with van der Waals surface area (Å²) < 4.78 is 5.43. The van der Waals surface area contributed by atoms with E-state index in [1.54, 1.807) is 6.07 Å². The fourth-order valence-electron chi connectivity index (χ4n) is 1.35. The summed E-state index contributed by atoms with van der Waals surface area (Å²) >= 11 is 0. The number of para-hydroxylation sites is 2. The normalized spacial score (nSPS) is 18.8. The molecule has 1 aromatic carbocycles. The molecule has 2 rings (SSSR count). The summed E-state index contributed by atoms with van der Waals surface area (Å²) in [6.45, 7) is 0.431. The molecule has 5 nitrogen and oxygen atoms in total. The van der Waals surface area contributed by atoms with Crippen LogP contribution < -0.4 is 21.3 Å². The first-order valence-corrected chi connectivity index (χ1v) is 4.31. The van der Waals surface area contributed by atoms with E-state index in [9.17, 15) is 4.79 Å². The van der Waals surface area contributed by atoms with Crippen molar-refractivity contribution in [2.24, 2.45) is 5.84 Å². The van der Waals surface area contributed by atoms with Gasteiger partial charge in [0.25, 0.3) is 5.91 Å². The van der Waals surface area contributed by atoms with Crippen molar-refractivity contribution >= 4 is 11.6 Å². The van der Waals surface area contributed by atoms with Crippen molar-refractivity contribution in [3.05, 3.63) is 24.3 Å².